The van der Waals surface area contributed by atoms with Gasteiger partial charge in [-0.1, -0.05) is 24.3 Å². The predicted molar refractivity (Wildman–Crippen MR) is 127 cm³/mol. The Morgan fingerprint density at radius 2 is 1.12 bits per heavy atom. The molecule has 2 saturated heterocycles. The molecular weight excluding hydrogens is 404 g/mol. The van der Waals surface area contributed by atoms with Gasteiger partial charge in [-0.05, 0) is 36.8 Å². The molecule has 0 saturated carbocycles. The van der Waals surface area contributed by atoms with E-state index >= 15 is 0 Å². The number of aromatic nitrogens is 3. The van der Waals surface area contributed by atoms with Crippen LogP contribution in [-0.2, 0) is 12.8 Å². The number of hydrogen-bond acceptors (Lipinski definition) is 10. The van der Waals surface area contributed by atoms with Crippen molar-refractivity contribution >= 4 is 17.8 Å². The predicted octanol–water partition coefficient (Wildman–Crippen LogP) is -0.820. The summed E-state index contributed by atoms with van der Waals surface area (Å²) in [7, 11) is 0. The molecule has 4 unspecified atom stereocenters. The van der Waals surface area contributed by atoms with Crippen LogP contribution in [0.5, 0.6) is 0 Å². The highest BCUT2D eigenvalue weighted by Gasteiger charge is 2.29. The van der Waals surface area contributed by atoms with Crippen LogP contribution in [0.1, 0.15) is 24.0 Å². The Labute approximate surface area is 188 Å². The minimum atomic E-state index is -0.00321. The molecular formula is C22H34N10. The lowest BCUT2D eigenvalue weighted by atomic mass is 10.0. The number of hydrogen-bond donors (Lipinski definition) is 5. The maximum Gasteiger partial charge on any atom is 0.232 e. The lowest BCUT2D eigenvalue weighted by molar-refractivity contribution is 0.441. The third-order valence-electron chi connectivity index (χ3n) is 6.59. The molecule has 3 heterocycles. The second kappa shape index (κ2) is 8.78. The van der Waals surface area contributed by atoms with Crippen LogP contribution in [0.15, 0.2) is 24.3 Å². The first kappa shape index (κ1) is 21.3. The number of nitrogens with two attached hydrogens (primary N) is 4. The minimum absolute atomic E-state index is 0.00321. The molecule has 3 aliphatic rings. The maximum atomic E-state index is 6.24. The van der Waals surface area contributed by atoms with Crippen molar-refractivity contribution < 1.29 is 0 Å². The second-order valence-corrected chi connectivity index (χ2v) is 9.60. The molecule has 10 nitrogen and oxygen atoms in total. The lowest BCUT2D eigenvalue weighted by Gasteiger charge is -2.37. The molecule has 4 atom stereocenters. The summed E-state index contributed by atoms with van der Waals surface area (Å²) in [6, 6.07) is 8.79. The molecule has 1 aromatic carbocycles. The van der Waals surface area contributed by atoms with Gasteiger partial charge in [0, 0.05) is 56.4 Å². The molecule has 1 aliphatic carbocycles. The molecule has 172 valence electrons. The summed E-state index contributed by atoms with van der Waals surface area (Å²) >= 11 is 0. The number of piperidine rings is 2. The van der Waals surface area contributed by atoms with Crippen molar-refractivity contribution in [2.75, 3.05) is 41.3 Å². The molecule has 0 radical (unpaired) electrons. The topological polar surface area (TPSA) is 161 Å². The van der Waals surface area contributed by atoms with E-state index in [1.165, 1.54) is 11.1 Å². The number of benzene rings is 1. The van der Waals surface area contributed by atoms with E-state index in [1.54, 1.807) is 0 Å². The molecule has 2 fully saturated rings. The van der Waals surface area contributed by atoms with Gasteiger partial charge in [0.1, 0.15) is 0 Å². The zero-order valence-corrected chi connectivity index (χ0v) is 18.4. The van der Waals surface area contributed by atoms with Gasteiger partial charge in [0.25, 0.3) is 0 Å². The number of anilines is 3. The SMILES string of the molecule is NC1CC(N)CN(c2nc(NC3Cc4ccccc4C3)nc(N3CC(N)CC(N)C3)n2)C1. The fourth-order valence-electron chi connectivity index (χ4n) is 5.23. The summed E-state index contributed by atoms with van der Waals surface area (Å²) in [5.74, 6) is 1.78. The largest absolute Gasteiger partial charge is 0.351 e. The van der Waals surface area contributed by atoms with Gasteiger partial charge in [-0.15, -0.1) is 0 Å². The van der Waals surface area contributed by atoms with Gasteiger partial charge < -0.3 is 38.1 Å². The van der Waals surface area contributed by atoms with E-state index in [1.807, 2.05) is 0 Å². The Kier molecular flexibility index (Phi) is 5.85. The van der Waals surface area contributed by atoms with Crippen molar-refractivity contribution in [2.45, 2.75) is 55.9 Å². The molecule has 9 N–H and O–H groups in total. The lowest BCUT2D eigenvalue weighted by Crippen LogP contribution is -2.54. The monoisotopic (exact) mass is 438 g/mol. The van der Waals surface area contributed by atoms with Gasteiger partial charge in [0.15, 0.2) is 0 Å². The van der Waals surface area contributed by atoms with Gasteiger partial charge in [0.2, 0.25) is 17.8 Å². The van der Waals surface area contributed by atoms with Crippen LogP contribution in [0, 0.1) is 0 Å². The maximum absolute atomic E-state index is 6.24. The van der Waals surface area contributed by atoms with Crippen molar-refractivity contribution in [1.82, 2.24) is 15.0 Å². The summed E-state index contributed by atoms with van der Waals surface area (Å²) in [6.07, 6.45) is 3.50. The Bertz CT molecular complexity index is 863. The van der Waals surface area contributed by atoms with E-state index in [0.29, 0.717) is 44.0 Å². The van der Waals surface area contributed by atoms with Gasteiger partial charge in [-0.3, -0.25) is 0 Å². The van der Waals surface area contributed by atoms with E-state index in [9.17, 15) is 0 Å². The van der Waals surface area contributed by atoms with Crippen LogP contribution < -0.4 is 38.1 Å². The highest BCUT2D eigenvalue weighted by Crippen LogP contribution is 2.26. The second-order valence-electron chi connectivity index (χ2n) is 9.60. The fraction of sp³-hybridized carbons (Fsp3) is 0.591. The van der Waals surface area contributed by atoms with E-state index in [4.69, 9.17) is 37.9 Å². The van der Waals surface area contributed by atoms with Crippen LogP contribution in [-0.4, -0.2) is 71.3 Å². The van der Waals surface area contributed by atoms with Crippen LogP contribution in [0.2, 0.25) is 0 Å². The van der Waals surface area contributed by atoms with Crippen LogP contribution in [0.4, 0.5) is 17.8 Å². The number of nitrogens with one attached hydrogen (secondary N) is 1. The third-order valence-corrected chi connectivity index (χ3v) is 6.59. The van der Waals surface area contributed by atoms with E-state index in [2.05, 4.69) is 39.4 Å². The first-order valence-electron chi connectivity index (χ1n) is 11.5. The Morgan fingerprint density at radius 3 is 1.56 bits per heavy atom. The summed E-state index contributed by atoms with van der Waals surface area (Å²) in [5.41, 5.74) is 27.7. The summed E-state index contributed by atoms with van der Waals surface area (Å²) in [6.45, 7) is 2.68. The minimum Gasteiger partial charge on any atom is -0.351 e. The van der Waals surface area contributed by atoms with Crippen molar-refractivity contribution in [2.24, 2.45) is 22.9 Å². The van der Waals surface area contributed by atoms with Crippen LogP contribution in [0.3, 0.4) is 0 Å². The molecule has 2 aliphatic heterocycles. The molecule has 0 bridgehead atoms. The van der Waals surface area contributed by atoms with Crippen molar-refractivity contribution in [3.63, 3.8) is 0 Å². The summed E-state index contributed by atoms with van der Waals surface area (Å²) < 4.78 is 0. The molecule has 10 heteroatoms. The van der Waals surface area contributed by atoms with Crippen molar-refractivity contribution in [3.05, 3.63) is 35.4 Å². The number of nitrogens with zero attached hydrogens (tertiary/aromatic N) is 5. The van der Waals surface area contributed by atoms with Crippen molar-refractivity contribution in [3.8, 4) is 0 Å². The van der Waals surface area contributed by atoms with Crippen LogP contribution in [0.25, 0.3) is 0 Å². The summed E-state index contributed by atoms with van der Waals surface area (Å²) in [5, 5.41) is 3.55. The number of rotatable bonds is 4. The van der Waals surface area contributed by atoms with E-state index < -0.39 is 0 Å². The molecule has 2 aromatic rings. The first-order chi connectivity index (χ1) is 15.4. The average Bonchev–Trinajstić information content (AvgIpc) is 3.14. The fourth-order valence-corrected chi connectivity index (χ4v) is 5.23. The highest BCUT2D eigenvalue weighted by atomic mass is 15.4. The van der Waals surface area contributed by atoms with E-state index in [-0.39, 0.29) is 30.2 Å². The van der Waals surface area contributed by atoms with Gasteiger partial charge in [-0.25, -0.2) is 0 Å². The third kappa shape index (κ3) is 4.63. The van der Waals surface area contributed by atoms with Gasteiger partial charge in [-0.2, -0.15) is 15.0 Å². The quantitative estimate of drug-likeness (QED) is 0.408. The smallest absolute Gasteiger partial charge is 0.232 e. The Morgan fingerprint density at radius 1 is 0.688 bits per heavy atom. The zero-order chi connectivity index (χ0) is 22.2. The van der Waals surface area contributed by atoms with E-state index in [0.717, 1.165) is 25.7 Å². The standard InChI is InChI=1S/C22H34N10/c23-15-7-16(24)10-31(9-15)21-28-20(27-19-5-13-3-1-2-4-14(13)6-19)29-22(30-21)32-11-17(25)8-18(26)12-32/h1-4,15-19H,5-12,23-26H2,(H,27,28,29,30). The van der Waals surface area contributed by atoms with Crippen molar-refractivity contribution in [1.29, 1.82) is 0 Å². The molecule has 1 aromatic heterocycles. The summed E-state index contributed by atoms with van der Waals surface area (Å²) in [4.78, 5) is 18.5. The van der Waals surface area contributed by atoms with Gasteiger partial charge in [0.05, 0.1) is 0 Å². The Hall–Kier alpha value is -2.53. The highest BCUT2D eigenvalue weighted by molar-refractivity contribution is 5.48. The zero-order valence-electron chi connectivity index (χ0n) is 18.4. The first-order valence-corrected chi connectivity index (χ1v) is 11.5. The Balaban J connectivity index is 1.43. The molecule has 32 heavy (non-hydrogen) atoms. The molecule has 5 rings (SSSR count). The average molecular weight is 439 g/mol. The van der Waals surface area contributed by atoms with Crippen LogP contribution >= 0.6 is 0 Å². The molecule has 0 spiro atoms. The normalized spacial score (nSPS) is 28.6. The number of fused-ring (bicyclic) bond motifs is 1. The van der Waals surface area contributed by atoms with Gasteiger partial charge >= 0.3 is 0 Å². The molecule has 0 amide bonds.